The fraction of sp³-hybridized carbons (Fsp3) is 0.643. The molecule has 2 heterocycles. The highest BCUT2D eigenvalue weighted by Gasteiger charge is 2.57. The van der Waals surface area contributed by atoms with Crippen molar-refractivity contribution >= 4 is 0 Å². The van der Waals surface area contributed by atoms with Gasteiger partial charge in [0.05, 0.1) is 19.3 Å². The number of ether oxygens (including phenoxy) is 4. The first-order chi connectivity index (χ1) is 9.68. The molecule has 1 aliphatic heterocycles. The highest BCUT2D eigenvalue weighted by molar-refractivity contribution is 5.43. The first-order valence-electron chi connectivity index (χ1n) is 6.56. The molecule has 0 bridgehead atoms. The van der Waals surface area contributed by atoms with E-state index in [4.69, 9.17) is 18.9 Å². The lowest BCUT2D eigenvalue weighted by Crippen LogP contribution is -2.20. The number of epoxide rings is 1. The number of pyridine rings is 1. The summed E-state index contributed by atoms with van der Waals surface area (Å²) in [6.45, 7) is 1.99. The SMILES string of the molecule is CC[C@]1(c2ccnc(OC)c2C(OC)OC)OC1CO. The quantitative estimate of drug-likeness (QED) is 0.602. The fourth-order valence-corrected chi connectivity index (χ4v) is 2.69. The normalized spacial score (nSPS) is 25.0. The summed E-state index contributed by atoms with van der Waals surface area (Å²) in [4.78, 5) is 4.20. The van der Waals surface area contributed by atoms with Gasteiger partial charge in [-0.25, -0.2) is 4.98 Å². The molecule has 0 saturated carbocycles. The molecule has 2 rings (SSSR count). The Morgan fingerprint density at radius 1 is 1.40 bits per heavy atom. The Hall–Kier alpha value is -1.21. The molecule has 2 atom stereocenters. The molecule has 0 aromatic carbocycles. The van der Waals surface area contributed by atoms with Gasteiger partial charge in [0.25, 0.3) is 0 Å². The van der Waals surface area contributed by atoms with Crippen LogP contribution < -0.4 is 4.74 Å². The zero-order chi connectivity index (χ0) is 14.8. The molecule has 6 nitrogen and oxygen atoms in total. The average Bonchev–Trinajstić information content (AvgIpc) is 3.23. The Balaban J connectivity index is 2.53. The van der Waals surface area contributed by atoms with Gasteiger partial charge >= 0.3 is 0 Å². The first kappa shape index (κ1) is 15.2. The van der Waals surface area contributed by atoms with E-state index < -0.39 is 11.9 Å². The van der Waals surface area contributed by atoms with Crippen LogP contribution in [0.2, 0.25) is 0 Å². The number of hydrogen-bond acceptors (Lipinski definition) is 6. The Morgan fingerprint density at radius 2 is 2.10 bits per heavy atom. The molecule has 0 radical (unpaired) electrons. The number of aliphatic hydroxyl groups is 1. The monoisotopic (exact) mass is 283 g/mol. The molecule has 1 unspecified atom stereocenters. The summed E-state index contributed by atoms with van der Waals surface area (Å²) < 4.78 is 21.7. The summed E-state index contributed by atoms with van der Waals surface area (Å²) in [5.74, 6) is 0.441. The van der Waals surface area contributed by atoms with Gasteiger partial charge in [0, 0.05) is 26.0 Å². The molecule has 20 heavy (non-hydrogen) atoms. The maximum atomic E-state index is 9.37. The van der Waals surface area contributed by atoms with Gasteiger partial charge in [0.1, 0.15) is 11.7 Å². The molecular weight excluding hydrogens is 262 g/mol. The highest BCUT2D eigenvalue weighted by atomic mass is 16.7. The number of hydrogen-bond donors (Lipinski definition) is 1. The molecule has 1 aromatic heterocycles. The predicted molar refractivity (Wildman–Crippen MR) is 71.5 cm³/mol. The standard InChI is InChI=1S/C14H21NO5/c1-5-14(10(8-16)20-14)9-6-7-15-12(17-2)11(9)13(18-3)19-4/h6-7,10,13,16H,5,8H2,1-4H3/t10?,14-/m1/s1. The number of aromatic nitrogens is 1. The minimum atomic E-state index is -0.597. The van der Waals surface area contributed by atoms with Crippen LogP contribution in [0.25, 0.3) is 0 Å². The van der Waals surface area contributed by atoms with Crippen LogP contribution in [0.3, 0.4) is 0 Å². The van der Waals surface area contributed by atoms with Gasteiger partial charge in [-0.05, 0) is 12.5 Å². The Labute approximate surface area is 118 Å². The fourth-order valence-electron chi connectivity index (χ4n) is 2.69. The average molecular weight is 283 g/mol. The van der Waals surface area contributed by atoms with Crippen molar-refractivity contribution in [3.63, 3.8) is 0 Å². The topological polar surface area (TPSA) is 73.3 Å². The maximum Gasteiger partial charge on any atom is 0.221 e. The summed E-state index contributed by atoms with van der Waals surface area (Å²) in [5, 5.41) is 9.37. The van der Waals surface area contributed by atoms with Crippen LogP contribution >= 0.6 is 0 Å². The third-order valence-corrected chi connectivity index (χ3v) is 3.77. The van der Waals surface area contributed by atoms with E-state index in [0.29, 0.717) is 11.4 Å². The molecule has 0 spiro atoms. The van der Waals surface area contributed by atoms with Gasteiger partial charge in [0.2, 0.25) is 5.88 Å². The molecule has 112 valence electrons. The second kappa shape index (κ2) is 6.05. The molecule has 1 aromatic rings. The van der Waals surface area contributed by atoms with E-state index in [2.05, 4.69) is 4.98 Å². The predicted octanol–water partition coefficient (Wildman–Crippen LogP) is 1.38. The van der Waals surface area contributed by atoms with Crippen molar-refractivity contribution in [1.82, 2.24) is 4.98 Å². The van der Waals surface area contributed by atoms with Gasteiger partial charge < -0.3 is 24.1 Å². The molecule has 1 fully saturated rings. The zero-order valence-corrected chi connectivity index (χ0v) is 12.3. The van der Waals surface area contributed by atoms with Gasteiger partial charge in [-0.3, -0.25) is 0 Å². The summed E-state index contributed by atoms with van der Waals surface area (Å²) in [5.41, 5.74) is 1.08. The molecule has 1 saturated heterocycles. The van der Waals surface area contributed by atoms with E-state index >= 15 is 0 Å². The van der Waals surface area contributed by atoms with Crippen LogP contribution in [0.1, 0.15) is 30.8 Å². The van der Waals surface area contributed by atoms with E-state index in [-0.39, 0.29) is 12.7 Å². The van der Waals surface area contributed by atoms with E-state index in [1.165, 1.54) is 0 Å². The van der Waals surface area contributed by atoms with Gasteiger partial charge in [-0.2, -0.15) is 0 Å². The Kier molecular flexibility index (Phi) is 4.59. The number of nitrogens with zero attached hydrogens (tertiary/aromatic N) is 1. The molecule has 0 amide bonds. The number of rotatable bonds is 7. The summed E-state index contributed by atoms with van der Waals surface area (Å²) >= 11 is 0. The Morgan fingerprint density at radius 3 is 2.55 bits per heavy atom. The molecule has 6 heteroatoms. The van der Waals surface area contributed by atoms with E-state index in [0.717, 1.165) is 12.0 Å². The summed E-state index contributed by atoms with van der Waals surface area (Å²) in [6, 6.07) is 1.86. The smallest absolute Gasteiger partial charge is 0.221 e. The van der Waals surface area contributed by atoms with Crippen molar-refractivity contribution in [2.45, 2.75) is 31.3 Å². The van der Waals surface area contributed by atoms with Crippen LogP contribution in [0.4, 0.5) is 0 Å². The van der Waals surface area contributed by atoms with Crippen LogP contribution in [-0.2, 0) is 19.8 Å². The van der Waals surface area contributed by atoms with Crippen LogP contribution in [0.5, 0.6) is 5.88 Å². The van der Waals surface area contributed by atoms with E-state index in [9.17, 15) is 5.11 Å². The Bertz CT molecular complexity index is 463. The van der Waals surface area contributed by atoms with E-state index in [1.807, 2.05) is 13.0 Å². The highest BCUT2D eigenvalue weighted by Crippen LogP contribution is 2.52. The lowest BCUT2D eigenvalue weighted by Gasteiger charge is -2.22. The second-order valence-electron chi connectivity index (χ2n) is 4.62. The van der Waals surface area contributed by atoms with Crippen molar-refractivity contribution in [3.05, 3.63) is 23.4 Å². The molecule has 1 N–H and O–H groups in total. The third kappa shape index (κ3) is 2.29. The van der Waals surface area contributed by atoms with Crippen molar-refractivity contribution < 1.29 is 24.1 Å². The summed E-state index contributed by atoms with van der Waals surface area (Å²) in [6.07, 6.45) is 1.58. The maximum absolute atomic E-state index is 9.37. The molecule has 0 aliphatic carbocycles. The van der Waals surface area contributed by atoms with Gasteiger partial charge in [0.15, 0.2) is 6.29 Å². The van der Waals surface area contributed by atoms with Crippen molar-refractivity contribution in [1.29, 1.82) is 0 Å². The minimum Gasteiger partial charge on any atom is -0.481 e. The zero-order valence-electron chi connectivity index (χ0n) is 12.3. The van der Waals surface area contributed by atoms with Crippen LogP contribution in [0, 0.1) is 0 Å². The van der Waals surface area contributed by atoms with Crippen molar-refractivity contribution in [2.75, 3.05) is 27.9 Å². The van der Waals surface area contributed by atoms with Crippen LogP contribution in [0.15, 0.2) is 12.3 Å². The van der Waals surface area contributed by atoms with Crippen molar-refractivity contribution in [2.24, 2.45) is 0 Å². The number of aliphatic hydroxyl groups excluding tert-OH is 1. The largest absolute Gasteiger partial charge is 0.481 e. The first-order valence-corrected chi connectivity index (χ1v) is 6.56. The van der Waals surface area contributed by atoms with E-state index in [1.54, 1.807) is 27.5 Å². The van der Waals surface area contributed by atoms with Gasteiger partial charge in [-0.15, -0.1) is 0 Å². The minimum absolute atomic E-state index is 0.0252. The van der Waals surface area contributed by atoms with Crippen molar-refractivity contribution in [3.8, 4) is 5.88 Å². The second-order valence-corrected chi connectivity index (χ2v) is 4.62. The van der Waals surface area contributed by atoms with Crippen LogP contribution in [-0.4, -0.2) is 44.1 Å². The number of methoxy groups -OCH3 is 3. The summed E-state index contributed by atoms with van der Waals surface area (Å²) in [7, 11) is 4.66. The molecular formula is C14H21NO5. The third-order valence-electron chi connectivity index (χ3n) is 3.77. The lowest BCUT2D eigenvalue weighted by atomic mass is 9.89. The lowest BCUT2D eigenvalue weighted by molar-refractivity contribution is -0.108. The van der Waals surface area contributed by atoms with Gasteiger partial charge in [-0.1, -0.05) is 6.92 Å². The molecule has 1 aliphatic rings.